The smallest absolute Gasteiger partial charge is 0.261 e. The monoisotopic (exact) mass is 447 g/mol. The van der Waals surface area contributed by atoms with E-state index in [0.29, 0.717) is 35.4 Å². The van der Waals surface area contributed by atoms with Gasteiger partial charge in [0.25, 0.3) is 11.5 Å². The molecule has 1 aromatic heterocycles. The number of benzene rings is 2. The highest BCUT2D eigenvalue weighted by atomic mass is 16.2. The van der Waals surface area contributed by atoms with Gasteiger partial charge in [-0.15, -0.1) is 0 Å². The SMILES string of the molecule is CCCn1c(C(C)N(CC(C)C)C(=O)c2ccc(C(C)(C)C)cc2)nc2ccccc2c1=O. The van der Waals surface area contributed by atoms with E-state index < -0.39 is 0 Å². The van der Waals surface area contributed by atoms with Gasteiger partial charge in [-0.1, -0.05) is 65.8 Å². The molecule has 5 heteroatoms. The molecule has 0 radical (unpaired) electrons. The summed E-state index contributed by atoms with van der Waals surface area (Å²) in [7, 11) is 0. The molecule has 5 nitrogen and oxygen atoms in total. The maximum atomic E-state index is 13.7. The van der Waals surface area contributed by atoms with E-state index in [0.717, 1.165) is 6.42 Å². The Hall–Kier alpha value is -2.95. The van der Waals surface area contributed by atoms with Crippen LogP contribution in [0.2, 0.25) is 0 Å². The minimum atomic E-state index is -0.342. The molecule has 0 bridgehead atoms. The van der Waals surface area contributed by atoms with Crippen molar-refractivity contribution < 1.29 is 4.79 Å². The molecule has 1 heterocycles. The molecule has 176 valence electrons. The predicted molar refractivity (Wildman–Crippen MR) is 136 cm³/mol. The maximum Gasteiger partial charge on any atom is 0.261 e. The van der Waals surface area contributed by atoms with Gasteiger partial charge in [0.05, 0.1) is 16.9 Å². The van der Waals surface area contributed by atoms with Crippen LogP contribution in [-0.2, 0) is 12.0 Å². The van der Waals surface area contributed by atoms with E-state index in [1.807, 2.05) is 67.3 Å². The van der Waals surface area contributed by atoms with E-state index in [1.54, 1.807) is 4.57 Å². The Morgan fingerprint density at radius 1 is 1.03 bits per heavy atom. The molecule has 0 fully saturated rings. The summed E-state index contributed by atoms with van der Waals surface area (Å²) in [5.74, 6) is 0.875. The van der Waals surface area contributed by atoms with Crippen molar-refractivity contribution in [2.75, 3.05) is 6.54 Å². The second kappa shape index (κ2) is 9.90. The summed E-state index contributed by atoms with van der Waals surface area (Å²) >= 11 is 0. The predicted octanol–water partition coefficient (Wildman–Crippen LogP) is 5.96. The van der Waals surface area contributed by atoms with Crippen LogP contribution in [0.1, 0.15) is 82.7 Å². The Balaban J connectivity index is 2.08. The molecule has 0 aliphatic heterocycles. The molecule has 3 rings (SSSR count). The highest BCUT2D eigenvalue weighted by molar-refractivity contribution is 5.94. The van der Waals surface area contributed by atoms with Gasteiger partial charge in [-0.05, 0) is 54.5 Å². The van der Waals surface area contributed by atoms with E-state index in [1.165, 1.54) is 5.56 Å². The number of hydrogen-bond acceptors (Lipinski definition) is 3. The van der Waals surface area contributed by atoms with Gasteiger partial charge in [0.15, 0.2) is 0 Å². The number of carbonyl (C=O) groups is 1. The summed E-state index contributed by atoms with van der Waals surface area (Å²) in [4.78, 5) is 33.7. The maximum absolute atomic E-state index is 13.7. The summed E-state index contributed by atoms with van der Waals surface area (Å²) < 4.78 is 1.75. The Morgan fingerprint density at radius 3 is 2.24 bits per heavy atom. The first-order chi connectivity index (χ1) is 15.5. The third kappa shape index (κ3) is 5.35. The number of aromatic nitrogens is 2. The van der Waals surface area contributed by atoms with E-state index in [4.69, 9.17) is 4.98 Å². The quantitative estimate of drug-likeness (QED) is 0.449. The number of carbonyl (C=O) groups excluding carboxylic acids is 1. The molecule has 1 atom stereocenters. The summed E-state index contributed by atoms with van der Waals surface area (Å²) in [6.45, 7) is 15.9. The summed E-state index contributed by atoms with van der Waals surface area (Å²) in [6.07, 6.45) is 0.812. The van der Waals surface area contributed by atoms with Crippen LogP contribution in [0.5, 0.6) is 0 Å². The largest absolute Gasteiger partial charge is 0.328 e. The Bertz CT molecular complexity index is 1170. The van der Waals surface area contributed by atoms with Crippen molar-refractivity contribution in [1.82, 2.24) is 14.5 Å². The van der Waals surface area contributed by atoms with Gasteiger partial charge in [-0.2, -0.15) is 0 Å². The van der Waals surface area contributed by atoms with Crippen LogP contribution in [0.25, 0.3) is 10.9 Å². The van der Waals surface area contributed by atoms with Crippen LogP contribution in [-0.4, -0.2) is 26.9 Å². The first-order valence-electron chi connectivity index (χ1n) is 12.0. The van der Waals surface area contributed by atoms with E-state index in [-0.39, 0.29) is 28.8 Å². The average molecular weight is 448 g/mol. The molecular formula is C28H37N3O2. The molecule has 0 spiro atoms. The van der Waals surface area contributed by atoms with Crippen LogP contribution in [0.4, 0.5) is 0 Å². The van der Waals surface area contributed by atoms with Gasteiger partial charge in [-0.3, -0.25) is 14.2 Å². The zero-order chi connectivity index (χ0) is 24.3. The molecule has 3 aromatic rings. The van der Waals surface area contributed by atoms with Crippen LogP contribution >= 0.6 is 0 Å². The fourth-order valence-corrected chi connectivity index (χ4v) is 4.17. The van der Waals surface area contributed by atoms with Gasteiger partial charge in [0.2, 0.25) is 0 Å². The minimum absolute atomic E-state index is 0.0255. The number of nitrogens with zero attached hydrogens (tertiary/aromatic N) is 3. The third-order valence-corrected chi connectivity index (χ3v) is 6.00. The second-order valence-electron chi connectivity index (χ2n) is 10.3. The topological polar surface area (TPSA) is 55.2 Å². The van der Waals surface area contributed by atoms with Gasteiger partial charge < -0.3 is 4.90 Å². The second-order valence-corrected chi connectivity index (χ2v) is 10.3. The van der Waals surface area contributed by atoms with Crippen LogP contribution < -0.4 is 5.56 Å². The lowest BCUT2D eigenvalue weighted by Crippen LogP contribution is -2.39. The fourth-order valence-electron chi connectivity index (χ4n) is 4.17. The lowest BCUT2D eigenvalue weighted by atomic mass is 9.86. The first-order valence-corrected chi connectivity index (χ1v) is 12.0. The van der Waals surface area contributed by atoms with Crippen LogP contribution in [0.15, 0.2) is 53.3 Å². The van der Waals surface area contributed by atoms with E-state index in [9.17, 15) is 9.59 Å². The minimum Gasteiger partial charge on any atom is -0.328 e. The molecule has 0 aliphatic carbocycles. The lowest BCUT2D eigenvalue weighted by Gasteiger charge is -2.32. The Labute approximate surface area is 197 Å². The first kappa shape index (κ1) is 24.7. The number of rotatable bonds is 7. The number of hydrogen-bond donors (Lipinski definition) is 0. The molecular weight excluding hydrogens is 410 g/mol. The zero-order valence-corrected chi connectivity index (χ0v) is 21.1. The van der Waals surface area contributed by atoms with Crippen LogP contribution in [0, 0.1) is 5.92 Å². The summed E-state index contributed by atoms with van der Waals surface area (Å²) in [5.41, 5.74) is 2.49. The van der Waals surface area contributed by atoms with Crippen molar-refractivity contribution in [3.63, 3.8) is 0 Å². The lowest BCUT2D eigenvalue weighted by molar-refractivity contribution is 0.0652. The molecule has 0 saturated heterocycles. The molecule has 2 aromatic carbocycles. The van der Waals surface area contributed by atoms with Crippen molar-refractivity contribution in [3.8, 4) is 0 Å². The van der Waals surface area contributed by atoms with E-state index >= 15 is 0 Å². The molecule has 0 saturated carbocycles. The number of fused-ring (bicyclic) bond motifs is 1. The standard InChI is InChI=1S/C28H37N3O2/c1-8-17-30-25(29-24-12-10-9-11-23(24)27(30)33)20(4)31(18-19(2)3)26(32)21-13-15-22(16-14-21)28(5,6)7/h9-16,19-20H,8,17-18H2,1-7H3. The number of amides is 1. The Kier molecular flexibility index (Phi) is 7.41. The van der Waals surface area contributed by atoms with Gasteiger partial charge >= 0.3 is 0 Å². The van der Waals surface area contributed by atoms with E-state index in [2.05, 4.69) is 34.6 Å². The van der Waals surface area contributed by atoms with Crippen molar-refractivity contribution in [1.29, 1.82) is 0 Å². The highest BCUT2D eigenvalue weighted by Crippen LogP contribution is 2.26. The normalized spacial score (nSPS) is 12.8. The van der Waals surface area contributed by atoms with Gasteiger partial charge in [-0.25, -0.2) is 4.98 Å². The van der Waals surface area contributed by atoms with Crippen molar-refractivity contribution >= 4 is 16.8 Å². The average Bonchev–Trinajstić information content (AvgIpc) is 2.78. The van der Waals surface area contributed by atoms with Gasteiger partial charge in [0.1, 0.15) is 5.82 Å². The highest BCUT2D eigenvalue weighted by Gasteiger charge is 2.28. The fraction of sp³-hybridized carbons (Fsp3) is 0.464. The van der Waals surface area contributed by atoms with Crippen molar-refractivity contribution in [3.05, 3.63) is 75.8 Å². The van der Waals surface area contributed by atoms with Gasteiger partial charge in [0, 0.05) is 18.7 Å². The molecule has 33 heavy (non-hydrogen) atoms. The van der Waals surface area contributed by atoms with Crippen molar-refractivity contribution in [2.24, 2.45) is 5.92 Å². The third-order valence-electron chi connectivity index (χ3n) is 6.00. The summed E-state index contributed by atoms with van der Waals surface area (Å²) in [5, 5.41) is 0.612. The molecule has 0 N–H and O–H groups in total. The molecule has 0 aliphatic rings. The molecule has 1 unspecified atom stereocenters. The zero-order valence-electron chi connectivity index (χ0n) is 21.1. The van der Waals surface area contributed by atoms with Crippen molar-refractivity contribution in [2.45, 2.75) is 72.9 Å². The summed E-state index contributed by atoms with van der Waals surface area (Å²) in [6, 6.07) is 15.0. The Morgan fingerprint density at radius 2 is 1.67 bits per heavy atom. The molecule has 1 amide bonds. The van der Waals surface area contributed by atoms with Crippen LogP contribution in [0.3, 0.4) is 0 Å². The number of para-hydroxylation sites is 1.